The lowest BCUT2D eigenvalue weighted by Gasteiger charge is -2.23. The number of rotatable bonds is 5. The van der Waals surface area contributed by atoms with E-state index in [1.807, 2.05) is 11.8 Å². The van der Waals surface area contributed by atoms with Gasteiger partial charge in [-0.3, -0.25) is 0 Å². The van der Waals surface area contributed by atoms with Gasteiger partial charge in [0.25, 0.3) is 0 Å². The highest BCUT2D eigenvalue weighted by atomic mass is 32.2. The number of halogens is 3. The maximum Gasteiger partial charge on any atom is 0.573 e. The molecule has 1 saturated heterocycles. The summed E-state index contributed by atoms with van der Waals surface area (Å²) in [6, 6.07) is 5.59. The lowest BCUT2D eigenvalue weighted by molar-refractivity contribution is -0.274. The number of thioether (sulfide) groups is 1. The largest absolute Gasteiger partial charge is 0.573 e. The van der Waals surface area contributed by atoms with Crippen LogP contribution in [0.3, 0.4) is 0 Å². The third-order valence-corrected chi connectivity index (χ3v) is 5.07. The molecule has 1 aromatic carbocycles. The lowest BCUT2D eigenvalue weighted by atomic mass is 10.1. The van der Waals surface area contributed by atoms with E-state index in [1.54, 1.807) is 0 Å². The van der Waals surface area contributed by atoms with E-state index in [4.69, 9.17) is 5.73 Å². The number of nitrogens with two attached hydrogens (primary N) is 1. The zero-order valence-electron chi connectivity index (χ0n) is 12.8. The zero-order valence-corrected chi connectivity index (χ0v) is 13.6. The third kappa shape index (κ3) is 6.21. The molecule has 0 spiro atoms. The molecule has 128 valence electrons. The second kappa shape index (κ2) is 7.33. The van der Waals surface area contributed by atoms with Crippen molar-refractivity contribution in [1.82, 2.24) is 5.32 Å². The van der Waals surface area contributed by atoms with Gasteiger partial charge in [0.15, 0.2) is 5.96 Å². The van der Waals surface area contributed by atoms with Crippen molar-refractivity contribution in [3.05, 3.63) is 29.8 Å². The number of guanidine groups is 1. The molecule has 1 unspecified atom stereocenters. The van der Waals surface area contributed by atoms with Gasteiger partial charge in [-0.1, -0.05) is 12.1 Å². The summed E-state index contributed by atoms with van der Waals surface area (Å²) in [5, 5.41) is 3.11. The molecule has 8 heteroatoms. The Morgan fingerprint density at radius 2 is 2.09 bits per heavy atom. The normalized spacial score (nSPS) is 22.2. The van der Waals surface area contributed by atoms with E-state index in [1.165, 1.54) is 36.4 Å². The molecule has 1 aliphatic heterocycles. The van der Waals surface area contributed by atoms with Crippen molar-refractivity contribution in [3.63, 3.8) is 0 Å². The van der Waals surface area contributed by atoms with Crippen LogP contribution in [0.25, 0.3) is 0 Å². The van der Waals surface area contributed by atoms with Gasteiger partial charge in [0.2, 0.25) is 0 Å². The smallest absolute Gasteiger partial charge is 0.406 e. The first-order valence-corrected chi connectivity index (χ1v) is 8.27. The Labute approximate surface area is 137 Å². The molecule has 4 nitrogen and oxygen atoms in total. The van der Waals surface area contributed by atoms with E-state index in [0.29, 0.717) is 12.5 Å². The van der Waals surface area contributed by atoms with Crippen molar-refractivity contribution in [2.24, 2.45) is 10.7 Å². The Kier molecular flexibility index (Phi) is 5.67. The minimum Gasteiger partial charge on any atom is -0.406 e. The number of alkyl halides is 3. The molecule has 0 aromatic heterocycles. The molecule has 0 bridgehead atoms. The van der Waals surface area contributed by atoms with Crippen LogP contribution in [0.15, 0.2) is 29.3 Å². The first kappa shape index (κ1) is 17.8. The summed E-state index contributed by atoms with van der Waals surface area (Å²) < 4.78 is 40.2. The lowest BCUT2D eigenvalue weighted by Crippen LogP contribution is -2.40. The van der Waals surface area contributed by atoms with E-state index >= 15 is 0 Å². The molecule has 23 heavy (non-hydrogen) atoms. The van der Waals surface area contributed by atoms with E-state index < -0.39 is 6.36 Å². The molecular formula is C15H20F3N3OS. The van der Waals surface area contributed by atoms with Gasteiger partial charge in [-0.15, -0.1) is 13.2 Å². The highest BCUT2D eigenvalue weighted by Gasteiger charge is 2.31. The van der Waals surface area contributed by atoms with Crippen LogP contribution in [0.4, 0.5) is 13.2 Å². The van der Waals surface area contributed by atoms with Crippen molar-refractivity contribution in [1.29, 1.82) is 0 Å². The molecule has 1 fully saturated rings. The number of hydrogen-bond donors (Lipinski definition) is 2. The van der Waals surface area contributed by atoms with Crippen molar-refractivity contribution < 1.29 is 17.9 Å². The molecule has 2 rings (SSSR count). The van der Waals surface area contributed by atoms with Gasteiger partial charge < -0.3 is 15.8 Å². The number of ether oxygens (including phenoxy) is 1. The maximum atomic E-state index is 12.1. The molecule has 0 saturated carbocycles. The maximum absolute atomic E-state index is 12.1. The minimum atomic E-state index is -4.68. The first-order valence-electron chi connectivity index (χ1n) is 7.28. The molecule has 1 aromatic rings. The summed E-state index contributed by atoms with van der Waals surface area (Å²) in [5.74, 6) is 1.26. The SMILES string of the molecule is CC1(CNC(N)=NCc2ccc(OC(F)(F)F)cc2)CCCS1. The Bertz CT molecular complexity index is 540. The fraction of sp³-hybridized carbons (Fsp3) is 0.533. The summed E-state index contributed by atoms with van der Waals surface area (Å²) in [4.78, 5) is 4.20. The van der Waals surface area contributed by atoms with E-state index in [-0.39, 0.29) is 10.5 Å². The van der Waals surface area contributed by atoms with Crippen molar-refractivity contribution in [2.75, 3.05) is 12.3 Å². The number of benzene rings is 1. The van der Waals surface area contributed by atoms with Crippen LogP contribution in [0, 0.1) is 0 Å². The topological polar surface area (TPSA) is 59.6 Å². The molecule has 0 aliphatic carbocycles. The van der Waals surface area contributed by atoms with Gasteiger partial charge in [0.05, 0.1) is 6.54 Å². The third-order valence-electron chi connectivity index (χ3n) is 3.53. The quantitative estimate of drug-likeness (QED) is 0.634. The highest BCUT2D eigenvalue weighted by molar-refractivity contribution is 8.00. The molecular weight excluding hydrogens is 327 g/mol. The van der Waals surface area contributed by atoms with Crippen LogP contribution in [-0.2, 0) is 6.54 Å². The predicted octanol–water partition coefficient (Wildman–Crippen LogP) is 3.28. The summed E-state index contributed by atoms with van der Waals surface area (Å²) in [6.07, 6.45) is -2.31. The van der Waals surface area contributed by atoms with Crippen LogP contribution in [0.1, 0.15) is 25.3 Å². The zero-order chi connectivity index (χ0) is 16.9. The second-order valence-corrected chi connectivity index (χ2v) is 7.33. The first-order chi connectivity index (χ1) is 10.8. The summed E-state index contributed by atoms with van der Waals surface area (Å²) >= 11 is 1.93. The Hall–Kier alpha value is -1.57. The van der Waals surface area contributed by atoms with Gasteiger partial charge in [0.1, 0.15) is 5.75 Å². The van der Waals surface area contributed by atoms with Crippen LogP contribution in [0.5, 0.6) is 5.75 Å². The second-order valence-electron chi connectivity index (χ2n) is 5.65. The van der Waals surface area contributed by atoms with Crippen molar-refractivity contribution in [3.8, 4) is 5.75 Å². The number of nitrogens with zero attached hydrogens (tertiary/aromatic N) is 1. The summed E-state index contributed by atoms with van der Waals surface area (Å²) in [5.41, 5.74) is 6.58. The summed E-state index contributed by atoms with van der Waals surface area (Å²) in [7, 11) is 0. The van der Waals surface area contributed by atoms with Crippen LogP contribution >= 0.6 is 11.8 Å². The molecule has 1 atom stereocenters. The monoisotopic (exact) mass is 347 g/mol. The average molecular weight is 347 g/mol. The van der Waals surface area contributed by atoms with E-state index in [9.17, 15) is 13.2 Å². The standard InChI is InChI=1S/C15H20F3N3OS/c1-14(7-2-8-23-14)10-21-13(19)20-9-11-3-5-12(6-4-11)22-15(16,17)18/h3-6H,2,7-10H2,1H3,(H3,19,20,21). The number of aliphatic imine (C=N–C) groups is 1. The Morgan fingerprint density at radius 1 is 1.39 bits per heavy atom. The molecule has 0 amide bonds. The van der Waals surface area contributed by atoms with Gasteiger partial charge in [-0.25, -0.2) is 4.99 Å². The highest BCUT2D eigenvalue weighted by Crippen LogP contribution is 2.36. The van der Waals surface area contributed by atoms with Crippen molar-refractivity contribution in [2.45, 2.75) is 37.4 Å². The van der Waals surface area contributed by atoms with Crippen LogP contribution < -0.4 is 15.8 Å². The van der Waals surface area contributed by atoms with Gasteiger partial charge in [-0.2, -0.15) is 11.8 Å². The Balaban J connectivity index is 1.81. The molecule has 1 heterocycles. The van der Waals surface area contributed by atoms with Gasteiger partial charge in [-0.05, 0) is 43.2 Å². The van der Waals surface area contributed by atoms with Gasteiger partial charge in [0, 0.05) is 11.3 Å². The molecule has 3 N–H and O–H groups in total. The summed E-state index contributed by atoms with van der Waals surface area (Å²) in [6.45, 7) is 3.25. The van der Waals surface area contributed by atoms with Crippen molar-refractivity contribution >= 4 is 17.7 Å². The van der Waals surface area contributed by atoms with Crippen LogP contribution in [-0.4, -0.2) is 29.4 Å². The number of hydrogen-bond acceptors (Lipinski definition) is 3. The number of nitrogens with one attached hydrogen (secondary N) is 1. The fourth-order valence-electron chi connectivity index (χ4n) is 2.28. The molecule has 0 radical (unpaired) electrons. The van der Waals surface area contributed by atoms with Gasteiger partial charge >= 0.3 is 6.36 Å². The predicted molar refractivity (Wildman–Crippen MR) is 86.6 cm³/mol. The van der Waals surface area contributed by atoms with E-state index in [2.05, 4.69) is 22.0 Å². The average Bonchev–Trinajstić information content (AvgIpc) is 2.90. The van der Waals surface area contributed by atoms with E-state index in [0.717, 1.165) is 18.5 Å². The minimum absolute atomic E-state index is 0.191. The molecule has 1 aliphatic rings. The Morgan fingerprint density at radius 3 is 2.65 bits per heavy atom. The van der Waals surface area contributed by atoms with Crippen LogP contribution in [0.2, 0.25) is 0 Å². The fourth-order valence-corrected chi connectivity index (χ4v) is 3.53.